The summed E-state index contributed by atoms with van der Waals surface area (Å²) in [4.78, 5) is 0. The van der Waals surface area contributed by atoms with Crippen LogP contribution in [0.15, 0.2) is 69.9 Å². The van der Waals surface area contributed by atoms with Crippen molar-refractivity contribution in [1.82, 2.24) is 0 Å². The van der Waals surface area contributed by atoms with Crippen molar-refractivity contribution in [2.24, 2.45) is 16.2 Å². The Bertz CT molecular complexity index is 778. The average Bonchev–Trinajstić information content (AvgIpc) is 3.27. The van der Waals surface area contributed by atoms with Crippen molar-refractivity contribution in [3.8, 4) is 0 Å². The number of hydrogen-bond donors (Lipinski definition) is 0. The van der Waals surface area contributed by atoms with Crippen LogP contribution in [-0.4, -0.2) is 0 Å². The summed E-state index contributed by atoms with van der Waals surface area (Å²) in [5.41, 5.74) is 10.2. The van der Waals surface area contributed by atoms with Crippen LogP contribution in [0.4, 0.5) is 0 Å². The second-order valence-corrected chi connectivity index (χ2v) is 12.2. The van der Waals surface area contributed by atoms with Crippen LogP contribution in [0.5, 0.6) is 0 Å². The van der Waals surface area contributed by atoms with Crippen LogP contribution in [0.1, 0.15) is 102 Å². The smallest absolute Gasteiger partial charge is 0.00997 e. The number of allylic oxidation sites excluding steroid dienone is 12. The van der Waals surface area contributed by atoms with Crippen LogP contribution < -0.4 is 0 Å². The molecule has 0 bridgehead atoms. The summed E-state index contributed by atoms with van der Waals surface area (Å²) in [6.45, 7) is 27.0. The van der Waals surface area contributed by atoms with E-state index in [1.165, 1.54) is 23.1 Å². The molecule has 0 amide bonds. The van der Waals surface area contributed by atoms with Crippen molar-refractivity contribution in [1.29, 1.82) is 0 Å². The molecular formula is C30H48. The summed E-state index contributed by atoms with van der Waals surface area (Å²) in [6.07, 6.45) is 17.1. The molecule has 0 saturated heterocycles. The van der Waals surface area contributed by atoms with Crippen molar-refractivity contribution < 1.29 is 0 Å². The maximum atomic E-state index is 2.31. The van der Waals surface area contributed by atoms with Crippen LogP contribution >= 0.6 is 0 Å². The van der Waals surface area contributed by atoms with Crippen molar-refractivity contribution in [2.75, 3.05) is 0 Å². The molecule has 30 heavy (non-hydrogen) atoms. The molecule has 3 aliphatic rings. The molecule has 0 aromatic rings. The van der Waals surface area contributed by atoms with E-state index >= 15 is 0 Å². The Balaban J connectivity index is 0.000000225. The summed E-state index contributed by atoms with van der Waals surface area (Å²) in [6, 6.07) is 0. The Morgan fingerprint density at radius 1 is 0.667 bits per heavy atom. The lowest BCUT2D eigenvalue weighted by molar-refractivity contribution is 0.493. The van der Waals surface area contributed by atoms with E-state index < -0.39 is 0 Å². The lowest BCUT2D eigenvalue weighted by Crippen LogP contribution is -2.08. The van der Waals surface area contributed by atoms with E-state index in [2.05, 4.69) is 120 Å². The molecule has 0 saturated carbocycles. The third-order valence-corrected chi connectivity index (χ3v) is 6.08. The van der Waals surface area contributed by atoms with Gasteiger partial charge in [0.05, 0.1) is 0 Å². The molecule has 0 N–H and O–H groups in total. The molecular weight excluding hydrogens is 360 g/mol. The first-order chi connectivity index (χ1) is 13.5. The molecule has 3 aliphatic carbocycles. The predicted octanol–water partition coefficient (Wildman–Crippen LogP) is 9.93. The zero-order chi connectivity index (χ0) is 23.3. The molecule has 0 heteroatoms. The first-order valence-electron chi connectivity index (χ1n) is 11.6. The summed E-state index contributed by atoms with van der Waals surface area (Å²) in [5.74, 6) is 0. The highest BCUT2D eigenvalue weighted by Crippen LogP contribution is 2.35. The Morgan fingerprint density at radius 2 is 1.23 bits per heavy atom. The van der Waals surface area contributed by atoms with E-state index in [0.29, 0.717) is 16.2 Å². The fraction of sp³-hybridized carbons (Fsp3) is 0.600. The van der Waals surface area contributed by atoms with Gasteiger partial charge in [-0.05, 0) is 56.3 Å². The second-order valence-electron chi connectivity index (χ2n) is 12.2. The van der Waals surface area contributed by atoms with Crippen LogP contribution in [0.25, 0.3) is 0 Å². The molecule has 0 aromatic heterocycles. The van der Waals surface area contributed by atoms with E-state index in [-0.39, 0.29) is 0 Å². The van der Waals surface area contributed by atoms with Crippen molar-refractivity contribution in [3.63, 3.8) is 0 Å². The molecule has 3 rings (SSSR count). The van der Waals surface area contributed by atoms with E-state index in [4.69, 9.17) is 0 Å². The van der Waals surface area contributed by atoms with Gasteiger partial charge < -0.3 is 0 Å². The fourth-order valence-electron chi connectivity index (χ4n) is 3.88. The third-order valence-electron chi connectivity index (χ3n) is 6.08. The van der Waals surface area contributed by atoms with Crippen molar-refractivity contribution >= 4 is 0 Å². The van der Waals surface area contributed by atoms with Gasteiger partial charge in [-0.15, -0.1) is 0 Å². The average molecular weight is 409 g/mol. The molecule has 0 heterocycles. The van der Waals surface area contributed by atoms with Gasteiger partial charge in [0.25, 0.3) is 0 Å². The molecule has 0 aliphatic heterocycles. The Hall–Kier alpha value is -1.56. The molecule has 168 valence electrons. The topological polar surface area (TPSA) is 0 Å². The highest BCUT2D eigenvalue weighted by molar-refractivity contribution is 5.35. The SMILES string of the molecule is CC1=C(C(C)(C)C)CC=C1.CC1=CC=C(C(C)(C)C)C1.CC1=CCC(C(C)(C)C)=C1. The summed E-state index contributed by atoms with van der Waals surface area (Å²) in [5, 5.41) is 0. The van der Waals surface area contributed by atoms with Gasteiger partial charge in [0.1, 0.15) is 0 Å². The Kier molecular flexibility index (Phi) is 8.97. The molecule has 0 radical (unpaired) electrons. The van der Waals surface area contributed by atoms with Gasteiger partial charge in [-0.25, -0.2) is 0 Å². The maximum Gasteiger partial charge on any atom is -0.00997 e. The van der Waals surface area contributed by atoms with Crippen LogP contribution in [0.2, 0.25) is 0 Å². The molecule has 0 unspecified atom stereocenters. The highest BCUT2D eigenvalue weighted by atomic mass is 14.3. The zero-order valence-corrected chi connectivity index (χ0v) is 22.1. The summed E-state index contributed by atoms with van der Waals surface area (Å²) >= 11 is 0. The molecule has 0 atom stereocenters. The number of hydrogen-bond acceptors (Lipinski definition) is 0. The van der Waals surface area contributed by atoms with Crippen molar-refractivity contribution in [2.45, 2.75) is 102 Å². The summed E-state index contributed by atoms with van der Waals surface area (Å²) < 4.78 is 0. The lowest BCUT2D eigenvalue weighted by atomic mass is 9.84. The van der Waals surface area contributed by atoms with Crippen LogP contribution in [0, 0.1) is 16.2 Å². The van der Waals surface area contributed by atoms with Crippen LogP contribution in [0.3, 0.4) is 0 Å². The van der Waals surface area contributed by atoms with E-state index in [1.807, 2.05) is 0 Å². The van der Waals surface area contributed by atoms with Crippen molar-refractivity contribution in [3.05, 3.63) is 69.9 Å². The first-order valence-corrected chi connectivity index (χ1v) is 11.6. The third kappa shape index (κ3) is 8.66. The minimum atomic E-state index is 0.369. The summed E-state index contributed by atoms with van der Waals surface area (Å²) in [7, 11) is 0. The maximum absolute atomic E-state index is 2.31. The monoisotopic (exact) mass is 408 g/mol. The number of rotatable bonds is 0. The van der Waals surface area contributed by atoms with E-state index in [1.54, 1.807) is 16.7 Å². The predicted molar refractivity (Wildman–Crippen MR) is 138 cm³/mol. The Labute approximate surface area is 188 Å². The van der Waals surface area contributed by atoms with E-state index in [0.717, 1.165) is 12.8 Å². The normalized spacial score (nSPS) is 18.8. The highest BCUT2D eigenvalue weighted by Gasteiger charge is 2.20. The second kappa shape index (κ2) is 10.2. The lowest BCUT2D eigenvalue weighted by Gasteiger charge is -2.21. The van der Waals surface area contributed by atoms with Gasteiger partial charge in [0.2, 0.25) is 0 Å². The first kappa shape index (κ1) is 26.5. The van der Waals surface area contributed by atoms with Gasteiger partial charge in [0.15, 0.2) is 0 Å². The Morgan fingerprint density at radius 3 is 1.43 bits per heavy atom. The zero-order valence-electron chi connectivity index (χ0n) is 22.1. The van der Waals surface area contributed by atoms with Crippen LogP contribution in [-0.2, 0) is 0 Å². The van der Waals surface area contributed by atoms with Gasteiger partial charge in [-0.2, -0.15) is 0 Å². The fourth-order valence-corrected chi connectivity index (χ4v) is 3.88. The van der Waals surface area contributed by atoms with Gasteiger partial charge in [-0.1, -0.05) is 132 Å². The standard InChI is InChI=1S/3C10H16/c2*1-8-5-6-9(7-8)10(2,3)4;1-8-6-5-7-9(8)10(2,3)4/h5,7H,6H2,1-4H3;2*5-6H,7H2,1-4H3. The molecule has 0 spiro atoms. The largest absolute Gasteiger partial charge is 0.0802 e. The van der Waals surface area contributed by atoms with E-state index in [9.17, 15) is 0 Å². The molecule has 0 fully saturated rings. The van der Waals surface area contributed by atoms with Gasteiger partial charge in [-0.3, -0.25) is 0 Å². The van der Waals surface area contributed by atoms with Gasteiger partial charge >= 0.3 is 0 Å². The van der Waals surface area contributed by atoms with Gasteiger partial charge in [0, 0.05) is 0 Å². The quantitative estimate of drug-likeness (QED) is 0.374. The minimum Gasteiger partial charge on any atom is -0.0802 e. The molecule has 0 nitrogen and oxygen atoms in total. The molecule has 0 aromatic carbocycles. The minimum absolute atomic E-state index is 0.369.